The molecule has 0 bridgehead atoms. The van der Waals surface area contributed by atoms with Gasteiger partial charge in [0.15, 0.2) is 0 Å². The van der Waals surface area contributed by atoms with Gasteiger partial charge in [-0.25, -0.2) is 0 Å². The molecular weight excluding hydrogens is 324 g/mol. The minimum absolute atomic E-state index is 0.0818. The Morgan fingerprint density at radius 2 is 2.21 bits per heavy atom. The standard InChI is InChI=1S/C20H25ClO3/c1-3-5-14(6-4-2)9-16-10-15(7-8-19(16)21)20-12-17(23)11-18(13-22)24-20/h3-8,10,17-18,20,22-23H,1,9,11-13H2,2H3/b6-4-,14-5+. The number of aliphatic hydroxyl groups excluding tert-OH is 2. The van der Waals surface area contributed by atoms with Gasteiger partial charge in [-0.15, -0.1) is 0 Å². The van der Waals surface area contributed by atoms with Crippen LogP contribution in [0, 0.1) is 0 Å². The third-order valence-electron chi connectivity index (χ3n) is 4.13. The quantitative estimate of drug-likeness (QED) is 0.759. The minimum atomic E-state index is -0.459. The first-order valence-electron chi connectivity index (χ1n) is 8.24. The Kier molecular flexibility index (Phi) is 7.25. The highest BCUT2D eigenvalue weighted by Crippen LogP contribution is 2.33. The Balaban J connectivity index is 2.24. The highest BCUT2D eigenvalue weighted by atomic mass is 35.5. The zero-order chi connectivity index (χ0) is 17.5. The lowest BCUT2D eigenvalue weighted by atomic mass is 9.94. The van der Waals surface area contributed by atoms with E-state index in [-0.39, 0.29) is 18.8 Å². The van der Waals surface area contributed by atoms with E-state index in [1.165, 1.54) is 0 Å². The zero-order valence-electron chi connectivity index (χ0n) is 14.0. The average Bonchev–Trinajstić information content (AvgIpc) is 2.56. The number of halogens is 1. The van der Waals surface area contributed by atoms with Crippen LogP contribution in [0.4, 0.5) is 0 Å². The molecule has 1 aliphatic heterocycles. The van der Waals surface area contributed by atoms with Gasteiger partial charge in [-0.3, -0.25) is 0 Å². The molecule has 2 rings (SSSR count). The Labute approximate surface area is 148 Å². The Morgan fingerprint density at radius 3 is 2.88 bits per heavy atom. The Morgan fingerprint density at radius 1 is 1.42 bits per heavy atom. The molecule has 130 valence electrons. The van der Waals surface area contributed by atoms with Crippen LogP contribution >= 0.6 is 11.6 Å². The van der Waals surface area contributed by atoms with Crippen molar-refractivity contribution in [3.8, 4) is 0 Å². The van der Waals surface area contributed by atoms with Gasteiger partial charge in [0, 0.05) is 17.9 Å². The van der Waals surface area contributed by atoms with Crippen molar-refractivity contribution < 1.29 is 14.9 Å². The Bertz CT molecular complexity index is 621. The molecule has 2 N–H and O–H groups in total. The van der Waals surface area contributed by atoms with E-state index in [0.29, 0.717) is 24.3 Å². The molecule has 0 spiro atoms. The number of ether oxygens (including phenoxy) is 1. The molecule has 1 saturated heterocycles. The second-order valence-electron chi connectivity index (χ2n) is 6.06. The molecule has 0 radical (unpaired) electrons. The van der Waals surface area contributed by atoms with E-state index >= 15 is 0 Å². The van der Waals surface area contributed by atoms with Crippen LogP contribution in [0.25, 0.3) is 0 Å². The molecule has 24 heavy (non-hydrogen) atoms. The fraction of sp³-hybridized carbons (Fsp3) is 0.400. The van der Waals surface area contributed by atoms with Crippen molar-refractivity contribution in [3.05, 3.63) is 70.8 Å². The van der Waals surface area contributed by atoms with E-state index in [0.717, 1.165) is 16.7 Å². The maximum Gasteiger partial charge on any atom is 0.0854 e. The molecule has 4 heteroatoms. The van der Waals surface area contributed by atoms with Crippen molar-refractivity contribution in [2.45, 2.75) is 44.5 Å². The van der Waals surface area contributed by atoms with Gasteiger partial charge in [0.2, 0.25) is 0 Å². The van der Waals surface area contributed by atoms with E-state index in [1.807, 2.05) is 43.4 Å². The Hall–Kier alpha value is -1.39. The predicted molar refractivity (Wildman–Crippen MR) is 98.2 cm³/mol. The van der Waals surface area contributed by atoms with Crippen LogP contribution in [0.15, 0.2) is 54.7 Å². The summed E-state index contributed by atoms with van der Waals surface area (Å²) in [6, 6.07) is 5.82. The van der Waals surface area contributed by atoms with Crippen molar-refractivity contribution in [1.29, 1.82) is 0 Å². The molecule has 0 amide bonds. The number of hydrogen-bond donors (Lipinski definition) is 2. The molecule has 1 fully saturated rings. The third-order valence-corrected chi connectivity index (χ3v) is 4.50. The fourth-order valence-electron chi connectivity index (χ4n) is 3.01. The fourth-order valence-corrected chi connectivity index (χ4v) is 3.20. The molecular formula is C20H25ClO3. The van der Waals surface area contributed by atoms with Gasteiger partial charge in [-0.1, -0.05) is 54.6 Å². The van der Waals surface area contributed by atoms with Crippen LogP contribution in [0.5, 0.6) is 0 Å². The number of hydrogen-bond acceptors (Lipinski definition) is 3. The van der Waals surface area contributed by atoms with Crippen LogP contribution in [0.2, 0.25) is 5.02 Å². The zero-order valence-corrected chi connectivity index (χ0v) is 14.7. The van der Waals surface area contributed by atoms with Gasteiger partial charge in [0.1, 0.15) is 0 Å². The van der Waals surface area contributed by atoms with Crippen molar-refractivity contribution in [1.82, 2.24) is 0 Å². The molecule has 0 aliphatic carbocycles. The van der Waals surface area contributed by atoms with Gasteiger partial charge >= 0.3 is 0 Å². The summed E-state index contributed by atoms with van der Waals surface area (Å²) in [6.45, 7) is 5.64. The van der Waals surface area contributed by atoms with Gasteiger partial charge < -0.3 is 14.9 Å². The molecule has 1 aromatic carbocycles. The van der Waals surface area contributed by atoms with Gasteiger partial charge in [0.25, 0.3) is 0 Å². The summed E-state index contributed by atoms with van der Waals surface area (Å²) in [5.41, 5.74) is 3.10. The van der Waals surface area contributed by atoms with Crippen LogP contribution in [-0.4, -0.2) is 29.0 Å². The number of rotatable bonds is 6. The summed E-state index contributed by atoms with van der Waals surface area (Å²) < 4.78 is 5.89. The predicted octanol–water partition coefficient (Wildman–Crippen LogP) is 4.14. The van der Waals surface area contributed by atoms with E-state index in [1.54, 1.807) is 6.08 Å². The molecule has 3 atom stereocenters. The van der Waals surface area contributed by atoms with Crippen molar-refractivity contribution in [2.24, 2.45) is 0 Å². The summed E-state index contributed by atoms with van der Waals surface area (Å²) in [6.07, 6.45) is 8.44. The lowest BCUT2D eigenvalue weighted by molar-refractivity contribution is -0.113. The lowest BCUT2D eigenvalue weighted by Crippen LogP contribution is -2.33. The normalized spacial score (nSPS) is 25.2. The first kappa shape index (κ1) is 18.9. The summed E-state index contributed by atoms with van der Waals surface area (Å²) >= 11 is 6.36. The van der Waals surface area contributed by atoms with Gasteiger partial charge in [-0.2, -0.15) is 0 Å². The van der Waals surface area contributed by atoms with E-state index < -0.39 is 6.10 Å². The maximum atomic E-state index is 10.0. The molecule has 0 saturated carbocycles. The van der Waals surface area contributed by atoms with Crippen LogP contribution in [0.3, 0.4) is 0 Å². The lowest BCUT2D eigenvalue weighted by Gasteiger charge is -2.32. The average molecular weight is 349 g/mol. The monoisotopic (exact) mass is 348 g/mol. The summed E-state index contributed by atoms with van der Waals surface area (Å²) in [5, 5.41) is 20.0. The number of allylic oxidation sites excluding steroid dienone is 5. The van der Waals surface area contributed by atoms with Gasteiger partial charge in [-0.05, 0) is 36.1 Å². The molecule has 1 heterocycles. The van der Waals surface area contributed by atoms with Crippen molar-refractivity contribution in [3.63, 3.8) is 0 Å². The van der Waals surface area contributed by atoms with Crippen LogP contribution in [-0.2, 0) is 11.2 Å². The number of benzene rings is 1. The molecule has 3 unspecified atom stereocenters. The van der Waals surface area contributed by atoms with Crippen molar-refractivity contribution in [2.75, 3.05) is 6.61 Å². The topological polar surface area (TPSA) is 49.7 Å². The smallest absolute Gasteiger partial charge is 0.0854 e. The van der Waals surface area contributed by atoms with Crippen LogP contribution < -0.4 is 0 Å². The van der Waals surface area contributed by atoms with Crippen LogP contribution in [0.1, 0.15) is 37.0 Å². The third kappa shape index (κ3) is 5.05. The highest BCUT2D eigenvalue weighted by Gasteiger charge is 2.29. The van der Waals surface area contributed by atoms with E-state index in [2.05, 4.69) is 6.58 Å². The van der Waals surface area contributed by atoms with Gasteiger partial charge in [0.05, 0.1) is 24.9 Å². The molecule has 1 aliphatic rings. The summed E-state index contributed by atoms with van der Waals surface area (Å²) in [4.78, 5) is 0. The van der Waals surface area contributed by atoms with E-state index in [9.17, 15) is 10.2 Å². The minimum Gasteiger partial charge on any atom is -0.394 e. The molecule has 0 aromatic heterocycles. The highest BCUT2D eigenvalue weighted by molar-refractivity contribution is 6.31. The van der Waals surface area contributed by atoms with E-state index in [4.69, 9.17) is 16.3 Å². The second-order valence-corrected chi connectivity index (χ2v) is 6.47. The summed E-state index contributed by atoms with van der Waals surface area (Å²) in [5.74, 6) is 0. The molecule has 3 nitrogen and oxygen atoms in total. The maximum absolute atomic E-state index is 10.0. The first-order valence-corrected chi connectivity index (χ1v) is 8.62. The second kappa shape index (κ2) is 9.19. The first-order chi connectivity index (χ1) is 11.6. The molecule has 1 aromatic rings. The van der Waals surface area contributed by atoms with Crippen molar-refractivity contribution >= 4 is 11.6 Å². The summed E-state index contributed by atoms with van der Waals surface area (Å²) in [7, 11) is 0. The SMILES string of the molecule is C=C/C=C(\C=C/C)Cc1cc(C2CC(O)CC(CO)O2)ccc1Cl. The number of aliphatic hydroxyl groups is 2. The largest absolute Gasteiger partial charge is 0.394 e.